The molecule has 0 unspecified atom stereocenters. The second-order valence-corrected chi connectivity index (χ2v) is 27.9. The third-order valence-corrected chi connectivity index (χ3v) is 22.0. The van der Waals surface area contributed by atoms with Crippen LogP contribution in [-0.4, -0.2) is 90.6 Å². The van der Waals surface area contributed by atoms with E-state index in [1.165, 1.54) is 117 Å². The standard InChI is InChI=1S/3C19H19N3.C17H23N3.C16H21N3/c1-14-9-8-12-17(16-10-6-5-7-11-16)19(14)22-13-18(20-3)21(4)15(22)2;1-14-12-17(16-8-6-5-7-9-16)10-11-18(14)22-13-19(20-3)21(4)15(22)2;1-14-10-11-17(16-8-6-5-7-9-16)12-18(14)22-13-19(20-3)21(4)15(22)2;1-10-11(2)13(4)17(14(5)12(10)3)20-9-16(18-7)19(8)15(20)6;1-10-8-11(2)13(4)16(12(10)3)19-9-15(17-6)18(7)14(19)5/h3*5-13,15H,1-2,4H3;9,15H,1-6,8H3;8-9,14H,1-5,7H3/t4*15-;14-/m00000/s1. The van der Waals surface area contributed by atoms with Gasteiger partial charge in [-0.3, -0.25) is 0 Å². The van der Waals surface area contributed by atoms with Crippen LogP contribution in [0.3, 0.4) is 0 Å². The van der Waals surface area contributed by atoms with E-state index in [-0.39, 0.29) is 30.8 Å². The quantitative estimate of drug-likeness (QED) is 0.138. The maximum Gasteiger partial charge on any atom is 0.243 e. The molecule has 5 atom stereocenters. The van der Waals surface area contributed by atoms with Crippen LogP contribution < -0.4 is 24.5 Å². The minimum absolute atomic E-state index is 0.132. The van der Waals surface area contributed by atoms with Gasteiger partial charge in [-0.25, -0.2) is 0 Å². The minimum atomic E-state index is 0.132. The molecule has 536 valence electrons. The van der Waals surface area contributed by atoms with Gasteiger partial charge in [-0.15, -0.1) is 0 Å². The lowest BCUT2D eigenvalue weighted by Gasteiger charge is -2.30. The zero-order chi connectivity index (χ0) is 76.6. The van der Waals surface area contributed by atoms with Crippen molar-refractivity contribution in [2.75, 3.05) is 59.7 Å². The molecule has 0 fully saturated rings. The van der Waals surface area contributed by atoms with E-state index < -0.39 is 0 Å². The molecule has 0 amide bonds. The first-order chi connectivity index (χ1) is 50.0. The summed E-state index contributed by atoms with van der Waals surface area (Å²) in [5.41, 5.74) is 28.7. The van der Waals surface area contributed by atoms with Crippen LogP contribution in [0, 0.1) is 116 Å². The molecule has 8 aromatic carbocycles. The van der Waals surface area contributed by atoms with Crippen LogP contribution in [0.1, 0.15) is 101 Å². The molecule has 0 N–H and O–H groups in total. The van der Waals surface area contributed by atoms with E-state index in [1.807, 2.05) is 109 Å². The molecular formula is C90H101N15. The molecule has 0 spiro atoms. The van der Waals surface area contributed by atoms with Crippen LogP contribution in [0.4, 0.5) is 28.4 Å². The van der Waals surface area contributed by atoms with E-state index in [0.717, 1.165) is 11.4 Å². The van der Waals surface area contributed by atoms with Gasteiger partial charge in [-0.1, -0.05) is 166 Å². The summed E-state index contributed by atoms with van der Waals surface area (Å²) in [4.78, 5) is 39.1. The molecule has 0 aliphatic carbocycles. The average molecular weight is 1390 g/mol. The molecule has 0 radical (unpaired) electrons. The van der Waals surface area contributed by atoms with E-state index in [0.29, 0.717) is 29.1 Å². The van der Waals surface area contributed by atoms with Gasteiger partial charge < -0.3 is 73.2 Å². The highest BCUT2D eigenvalue weighted by Crippen LogP contribution is 2.42. The summed E-state index contributed by atoms with van der Waals surface area (Å²) in [7, 11) is 9.84. The number of benzene rings is 8. The number of para-hydroxylation sites is 1. The van der Waals surface area contributed by atoms with Crippen LogP contribution in [0.5, 0.6) is 0 Å². The summed E-state index contributed by atoms with van der Waals surface area (Å²) in [6, 6.07) is 52.8. The van der Waals surface area contributed by atoms with Crippen LogP contribution in [0.2, 0.25) is 0 Å². The Morgan fingerprint density at radius 2 is 0.571 bits per heavy atom. The highest BCUT2D eigenvalue weighted by Gasteiger charge is 2.36. The number of rotatable bonds is 8. The van der Waals surface area contributed by atoms with Gasteiger partial charge >= 0.3 is 0 Å². The molecular weight excluding hydrogens is 1290 g/mol. The number of aryl methyl sites for hydroxylation is 5. The Morgan fingerprint density at radius 1 is 0.248 bits per heavy atom. The maximum atomic E-state index is 7.33. The normalized spacial score (nSPS) is 17.8. The van der Waals surface area contributed by atoms with Gasteiger partial charge in [0, 0.05) is 59.3 Å². The van der Waals surface area contributed by atoms with Crippen molar-refractivity contribution in [1.82, 2.24) is 24.5 Å². The van der Waals surface area contributed by atoms with Crippen LogP contribution in [0.25, 0.3) is 57.6 Å². The number of nitrogens with zero attached hydrogens (tertiary/aromatic N) is 15. The molecule has 15 nitrogen and oxygen atoms in total. The summed E-state index contributed by atoms with van der Waals surface area (Å²) >= 11 is 0. The molecule has 15 heteroatoms. The first-order valence-electron chi connectivity index (χ1n) is 35.7. The van der Waals surface area contributed by atoms with Crippen molar-refractivity contribution >= 4 is 28.4 Å². The number of anilines is 5. The lowest BCUT2D eigenvalue weighted by molar-refractivity contribution is 0.364. The molecule has 13 rings (SSSR count). The van der Waals surface area contributed by atoms with Gasteiger partial charge in [0.25, 0.3) is 0 Å². The molecule has 0 saturated carbocycles. The zero-order valence-corrected chi connectivity index (χ0v) is 65.4. The highest BCUT2D eigenvalue weighted by molar-refractivity contribution is 5.83. The molecule has 0 bridgehead atoms. The third-order valence-electron chi connectivity index (χ3n) is 22.0. The Labute approximate surface area is 626 Å². The van der Waals surface area contributed by atoms with Crippen LogP contribution >= 0.6 is 0 Å². The third kappa shape index (κ3) is 15.6. The molecule has 5 aliphatic rings. The predicted octanol–water partition coefficient (Wildman–Crippen LogP) is 21.2. The molecule has 105 heavy (non-hydrogen) atoms. The first kappa shape index (κ1) is 77.1. The van der Waals surface area contributed by atoms with Crippen molar-refractivity contribution in [3.63, 3.8) is 0 Å². The number of hydrogen-bond acceptors (Lipinski definition) is 10. The van der Waals surface area contributed by atoms with E-state index >= 15 is 0 Å². The fourth-order valence-corrected chi connectivity index (χ4v) is 14.1. The Morgan fingerprint density at radius 3 is 0.952 bits per heavy atom. The van der Waals surface area contributed by atoms with Gasteiger partial charge in [-0.05, 0) is 230 Å². The Bertz CT molecular complexity index is 4880. The molecule has 5 aliphatic heterocycles. The maximum absolute atomic E-state index is 7.33. The van der Waals surface area contributed by atoms with Gasteiger partial charge in [0.05, 0.1) is 40.9 Å². The largest absolute Gasteiger partial charge is 0.363 e. The van der Waals surface area contributed by atoms with Crippen molar-refractivity contribution in [2.45, 2.75) is 149 Å². The van der Waals surface area contributed by atoms with Crippen LogP contribution in [0.15, 0.2) is 212 Å². The monoisotopic (exact) mass is 1390 g/mol. The molecule has 8 aromatic rings. The second-order valence-electron chi connectivity index (χ2n) is 27.9. The summed E-state index contributed by atoms with van der Waals surface area (Å²) in [5.74, 6) is 3.43. The van der Waals surface area contributed by atoms with Gasteiger partial charge in [0.1, 0.15) is 0 Å². The smallest absolute Gasteiger partial charge is 0.243 e. The molecule has 5 heterocycles. The van der Waals surface area contributed by atoms with Crippen molar-refractivity contribution in [3.8, 4) is 33.4 Å². The van der Waals surface area contributed by atoms with E-state index in [9.17, 15) is 0 Å². The topological polar surface area (TPSA) is 54.2 Å². The Kier molecular flexibility index (Phi) is 24.2. The van der Waals surface area contributed by atoms with E-state index in [2.05, 4.69) is 300 Å². The zero-order valence-electron chi connectivity index (χ0n) is 65.4. The van der Waals surface area contributed by atoms with E-state index in [4.69, 9.17) is 32.9 Å². The first-order valence-corrected chi connectivity index (χ1v) is 35.7. The average Bonchev–Trinajstić information content (AvgIpc) is 1.71. The van der Waals surface area contributed by atoms with Gasteiger partial charge in [-0.2, -0.15) is 0 Å². The molecule has 0 aromatic heterocycles. The minimum Gasteiger partial charge on any atom is -0.363 e. The van der Waals surface area contributed by atoms with Gasteiger partial charge in [0.15, 0.2) is 30.8 Å². The van der Waals surface area contributed by atoms with Gasteiger partial charge in [0.2, 0.25) is 29.1 Å². The summed E-state index contributed by atoms with van der Waals surface area (Å²) in [6.45, 7) is 72.9. The predicted molar refractivity (Wildman–Crippen MR) is 437 cm³/mol. The second kappa shape index (κ2) is 32.9. The highest BCUT2D eigenvalue weighted by atomic mass is 15.4. The SMILES string of the molecule is [C-]#[N+]C1=CN(c2c(C)c(C)c(C)c(C)c2C)[C@@H](C)N1C.[C-]#[N+]C1=CN(c2c(C)c(C)cc(C)c2C)[C@@H](C)N1C.[C-]#[N+]C1=CN(c2c(C)cccc2-c2ccccc2)[C@@H](C)N1C.[C-]#[N+]C1=CN(c2cc(-c3ccccc3)ccc2C)[C@@H](C)N1C.[C-]#[N+]C1=CN(c2ccc(-c3ccccc3)cc2C)[C@@H](C)N1C. The summed E-state index contributed by atoms with van der Waals surface area (Å²) in [5, 5.41) is 0. The van der Waals surface area contributed by atoms with Crippen molar-refractivity contribution in [2.24, 2.45) is 0 Å². The van der Waals surface area contributed by atoms with E-state index in [1.54, 1.807) is 0 Å². The fraction of sp³-hybridized carbons (Fsp3) is 0.300. The fourth-order valence-electron chi connectivity index (χ4n) is 14.1. The lowest BCUT2D eigenvalue weighted by Crippen LogP contribution is -2.35. The lowest BCUT2D eigenvalue weighted by atomic mass is 9.92. The summed E-state index contributed by atoms with van der Waals surface area (Å²) in [6.07, 6.45) is 10.6. The Hall–Kier alpha value is -12.1. The number of hydrogen-bond donors (Lipinski definition) is 0. The van der Waals surface area contributed by atoms with Crippen LogP contribution in [-0.2, 0) is 0 Å². The molecule has 0 saturated heterocycles. The Balaban J connectivity index is 0.000000152. The van der Waals surface area contributed by atoms with Crippen molar-refractivity contribution < 1.29 is 0 Å². The summed E-state index contributed by atoms with van der Waals surface area (Å²) < 4.78 is 0. The van der Waals surface area contributed by atoms with Crippen molar-refractivity contribution in [1.29, 1.82) is 0 Å². The van der Waals surface area contributed by atoms with Crippen molar-refractivity contribution in [3.05, 3.63) is 336 Å².